The molecule has 1 aliphatic rings. The molecule has 24 aromatic carbocycles. The standard InChI is InChI=1S/C135H78N6/c1-135(2)120-72-83(41-54-104(120)105-55-44-86(73-121(105)135)122-60-46-79-33-31-77-17-15-63-136-129(77)132(79)139-122)81-39-49-99-94-22-6-8-24-96(94)115-67-82(40-50-103(115)116(99)66-81)89-65-88-71-114(113-59-62-123(140-134(113)131(88)138-74-89)106-56-36-76-37-57-111-90(48-35-75-38-58-112(106)127(76)126(75)111)84-42-51-100-93-21-4-3-19-91(93)92-20-5-7-23-95(92)117(100)68-84)85-43-52-101-102-53-45-87(70-119(102)98-26-10-9-25-97(98)118(101)69-85)125-107-27-11-13-29-109(107)128(110-30-14-12-28-108(110)125)124-61-47-80-34-32-78-18-16-64-137-130(78)133(80)141-124/h3-74H,1-2H3. The Balaban J connectivity index is 0.553. The second-order valence-corrected chi connectivity index (χ2v) is 39.3. The minimum atomic E-state index is -0.273. The second kappa shape index (κ2) is 29.3. The van der Waals surface area contributed by atoms with Gasteiger partial charge in [-0.05, 0) is 314 Å². The molecule has 6 aromatic heterocycles. The van der Waals surface area contributed by atoms with Gasteiger partial charge < -0.3 is 0 Å². The van der Waals surface area contributed by atoms with Crippen LogP contribution in [0.2, 0.25) is 0 Å². The fourth-order valence-electron chi connectivity index (χ4n) is 24.9. The third-order valence-electron chi connectivity index (χ3n) is 31.6. The Morgan fingerprint density at radius 1 is 0.163 bits per heavy atom. The second-order valence-electron chi connectivity index (χ2n) is 39.3. The van der Waals surface area contributed by atoms with Gasteiger partial charge in [-0.2, -0.15) is 0 Å². The molecule has 0 fully saturated rings. The number of hydrogen-bond acceptors (Lipinski definition) is 6. The predicted molar refractivity (Wildman–Crippen MR) is 596 cm³/mol. The summed E-state index contributed by atoms with van der Waals surface area (Å²) in [5.41, 5.74) is 27.7. The van der Waals surface area contributed by atoms with Crippen LogP contribution in [0.4, 0.5) is 0 Å². The van der Waals surface area contributed by atoms with E-state index in [-0.39, 0.29) is 5.41 Å². The molecule has 0 bridgehead atoms. The first-order chi connectivity index (χ1) is 69.6. The zero-order valence-corrected chi connectivity index (χ0v) is 76.8. The average molecular weight is 1780 g/mol. The molecule has 0 saturated heterocycles. The van der Waals surface area contributed by atoms with Crippen molar-refractivity contribution in [3.05, 3.63) is 448 Å². The third-order valence-corrected chi connectivity index (χ3v) is 31.6. The summed E-state index contributed by atoms with van der Waals surface area (Å²) in [5, 5.41) is 40.3. The first kappa shape index (κ1) is 77.9. The Labute approximate surface area is 808 Å². The first-order valence-electron chi connectivity index (χ1n) is 48.7. The molecule has 648 valence electrons. The predicted octanol–water partition coefficient (Wildman–Crippen LogP) is 36.2. The fraction of sp³-hybridized carbons (Fsp3) is 0.0222. The highest BCUT2D eigenvalue weighted by atomic mass is 14.8. The Morgan fingerprint density at radius 2 is 0.489 bits per heavy atom. The molecular formula is C135H78N6. The maximum atomic E-state index is 5.97. The molecular weight excluding hydrogens is 1710 g/mol. The molecule has 31 rings (SSSR count). The van der Waals surface area contributed by atoms with Crippen LogP contribution in [0.3, 0.4) is 0 Å². The fourth-order valence-corrected chi connectivity index (χ4v) is 24.9. The van der Waals surface area contributed by atoms with Crippen molar-refractivity contribution in [2.45, 2.75) is 19.3 Å². The van der Waals surface area contributed by atoms with E-state index in [2.05, 4.69) is 426 Å². The van der Waals surface area contributed by atoms with Gasteiger partial charge in [0, 0.05) is 78.6 Å². The molecule has 0 radical (unpaired) electrons. The molecule has 6 heteroatoms. The van der Waals surface area contributed by atoms with E-state index in [1.165, 1.54) is 185 Å². The molecule has 0 atom stereocenters. The molecule has 0 N–H and O–H groups in total. The largest absolute Gasteiger partial charge is 0.254 e. The lowest BCUT2D eigenvalue weighted by Gasteiger charge is -2.22. The number of pyridine rings is 6. The van der Waals surface area contributed by atoms with Crippen molar-refractivity contribution in [1.29, 1.82) is 0 Å². The van der Waals surface area contributed by atoms with E-state index in [0.29, 0.717) is 0 Å². The minimum Gasteiger partial charge on any atom is -0.254 e. The molecule has 6 heterocycles. The topological polar surface area (TPSA) is 77.3 Å². The number of nitrogens with zero attached hydrogens (tertiary/aromatic N) is 6. The zero-order valence-electron chi connectivity index (χ0n) is 76.8. The maximum absolute atomic E-state index is 5.97. The Kier molecular flexibility index (Phi) is 16.2. The zero-order chi connectivity index (χ0) is 92.3. The summed E-state index contributed by atoms with van der Waals surface area (Å²) in [6.45, 7) is 4.76. The molecule has 30 aromatic rings. The smallest absolute Gasteiger partial charge is 0.0978 e. The highest BCUT2D eigenvalue weighted by Crippen LogP contribution is 2.55. The molecule has 1 aliphatic carbocycles. The van der Waals surface area contributed by atoms with E-state index < -0.39 is 0 Å². The number of rotatable bonds is 8. The van der Waals surface area contributed by atoms with Gasteiger partial charge in [0.2, 0.25) is 0 Å². The summed E-state index contributed by atoms with van der Waals surface area (Å²) in [6.07, 6.45) is 5.81. The van der Waals surface area contributed by atoms with Crippen LogP contribution in [0.5, 0.6) is 0 Å². The molecule has 0 unspecified atom stereocenters. The summed E-state index contributed by atoms with van der Waals surface area (Å²) in [7, 11) is 0. The van der Waals surface area contributed by atoms with Crippen molar-refractivity contribution in [3.63, 3.8) is 0 Å². The SMILES string of the molecule is CC1(C)c2cc(-c3ccc4c5ccccc5c5cc(-c6cnc7c(c6)cc(-c6ccc8c9ccc(-c%10c%11ccccc%11c(-c%11ccc%12ccc%13cccnc%13c%12n%11)c%11ccccc%10%11)cc9c9ccccc9c8c6)c6ccc(-c8ccc9ccc%10c(-c%11ccc%12c%13ccccc%13c%13ccccc%13c%12c%11)ccc%11ccc8c9c%11%10)nc67)ccc5c4c3)ccc2-c2ccc(-c3ccc4ccc5cccnc5c4n3)cc21. The van der Waals surface area contributed by atoms with Gasteiger partial charge in [-0.15, -0.1) is 0 Å². The Morgan fingerprint density at radius 3 is 1.02 bits per heavy atom. The van der Waals surface area contributed by atoms with Gasteiger partial charge in [0.1, 0.15) is 0 Å². The van der Waals surface area contributed by atoms with E-state index >= 15 is 0 Å². The quantitative estimate of drug-likeness (QED) is 0.111. The number of aromatic nitrogens is 6. The van der Waals surface area contributed by atoms with Crippen LogP contribution >= 0.6 is 0 Å². The van der Waals surface area contributed by atoms with Crippen molar-refractivity contribution >= 4 is 216 Å². The van der Waals surface area contributed by atoms with Crippen LogP contribution in [0.15, 0.2) is 437 Å². The van der Waals surface area contributed by atoms with E-state index in [1.807, 2.05) is 24.5 Å². The molecule has 141 heavy (non-hydrogen) atoms. The highest BCUT2D eigenvalue weighted by molar-refractivity contribution is 6.33. The van der Waals surface area contributed by atoms with Gasteiger partial charge in [0.05, 0.1) is 50.2 Å². The van der Waals surface area contributed by atoms with Crippen LogP contribution < -0.4 is 0 Å². The van der Waals surface area contributed by atoms with Crippen LogP contribution in [0.1, 0.15) is 25.0 Å². The van der Waals surface area contributed by atoms with Crippen molar-refractivity contribution in [3.8, 4) is 101 Å². The average Bonchev–Trinajstić information content (AvgIpc) is 1.70. The Hall–Kier alpha value is -18.4. The minimum absolute atomic E-state index is 0.273. The van der Waals surface area contributed by atoms with Crippen LogP contribution in [0, 0.1) is 0 Å². The first-order valence-corrected chi connectivity index (χ1v) is 48.7. The lowest BCUT2D eigenvalue weighted by atomic mass is 9.81. The van der Waals surface area contributed by atoms with Gasteiger partial charge in [-0.25, -0.2) is 15.0 Å². The molecule has 6 nitrogen and oxygen atoms in total. The lowest BCUT2D eigenvalue weighted by molar-refractivity contribution is 0.661. The number of benzene rings is 24. The summed E-state index contributed by atoms with van der Waals surface area (Å²) >= 11 is 0. The Bertz CT molecular complexity index is 10800. The van der Waals surface area contributed by atoms with Crippen LogP contribution in [-0.2, 0) is 5.41 Å². The van der Waals surface area contributed by atoms with E-state index in [1.54, 1.807) is 0 Å². The van der Waals surface area contributed by atoms with Crippen molar-refractivity contribution in [2.24, 2.45) is 0 Å². The molecule has 0 spiro atoms. The van der Waals surface area contributed by atoms with E-state index in [4.69, 9.17) is 29.9 Å². The van der Waals surface area contributed by atoms with Gasteiger partial charge in [0.15, 0.2) is 0 Å². The third kappa shape index (κ3) is 11.4. The highest BCUT2D eigenvalue weighted by Gasteiger charge is 2.37. The van der Waals surface area contributed by atoms with Crippen molar-refractivity contribution < 1.29 is 0 Å². The summed E-state index contributed by atoms with van der Waals surface area (Å²) in [5.74, 6) is 0. The van der Waals surface area contributed by atoms with Crippen LogP contribution in [0.25, 0.3) is 317 Å². The summed E-state index contributed by atoms with van der Waals surface area (Å²) < 4.78 is 0. The monoisotopic (exact) mass is 1780 g/mol. The van der Waals surface area contributed by atoms with Gasteiger partial charge in [-0.1, -0.05) is 341 Å². The molecule has 0 aliphatic heterocycles. The van der Waals surface area contributed by atoms with Gasteiger partial charge >= 0.3 is 0 Å². The lowest BCUT2D eigenvalue weighted by Crippen LogP contribution is -2.15. The molecule has 0 amide bonds. The van der Waals surface area contributed by atoms with Crippen LogP contribution in [-0.4, -0.2) is 29.9 Å². The molecule has 0 saturated carbocycles. The van der Waals surface area contributed by atoms with E-state index in [0.717, 1.165) is 143 Å². The van der Waals surface area contributed by atoms with E-state index in [9.17, 15) is 0 Å². The number of hydrogen-bond donors (Lipinski definition) is 0. The number of fused-ring (bicyclic) bond motifs is 32. The maximum Gasteiger partial charge on any atom is 0.0978 e. The summed E-state index contributed by atoms with van der Waals surface area (Å²) in [6, 6.07) is 157. The van der Waals surface area contributed by atoms with Crippen molar-refractivity contribution in [2.75, 3.05) is 0 Å². The van der Waals surface area contributed by atoms with Crippen molar-refractivity contribution in [1.82, 2.24) is 29.9 Å². The summed E-state index contributed by atoms with van der Waals surface area (Å²) in [4.78, 5) is 32.0. The van der Waals surface area contributed by atoms with Gasteiger partial charge in [0.25, 0.3) is 0 Å². The van der Waals surface area contributed by atoms with Gasteiger partial charge in [-0.3, -0.25) is 15.0 Å². The normalized spacial score (nSPS) is 12.8.